The third kappa shape index (κ3) is 4.56. The minimum atomic E-state index is -0.184. The molecule has 4 heterocycles. The molecule has 1 aliphatic rings. The molecular formula is C24H27N5O2. The van der Waals surface area contributed by atoms with Crippen LogP contribution in [0, 0.1) is 5.92 Å². The van der Waals surface area contributed by atoms with E-state index in [0.717, 1.165) is 47.4 Å². The van der Waals surface area contributed by atoms with Gasteiger partial charge >= 0.3 is 0 Å². The van der Waals surface area contributed by atoms with Gasteiger partial charge in [-0.05, 0) is 41.7 Å². The first kappa shape index (κ1) is 20.9. The fraction of sp³-hybridized carbons (Fsp3) is 0.333. The minimum absolute atomic E-state index is 0.0370. The zero-order valence-corrected chi connectivity index (χ0v) is 18.1. The first-order valence-corrected chi connectivity index (χ1v) is 10.6. The molecule has 0 aromatic carbocycles. The summed E-state index contributed by atoms with van der Waals surface area (Å²) in [5, 5.41) is 2.58. The number of nitrogens with zero attached hydrogens (tertiary/aromatic N) is 3. The summed E-state index contributed by atoms with van der Waals surface area (Å²) in [5.41, 5.74) is 6.15. The molecule has 0 spiro atoms. The number of hydrogen-bond acceptors (Lipinski definition) is 5. The topological polar surface area (TPSA) is 91.0 Å². The highest BCUT2D eigenvalue weighted by Gasteiger charge is 2.24. The average molecular weight is 418 g/mol. The summed E-state index contributed by atoms with van der Waals surface area (Å²) in [5.74, 6) is 0.245. The number of carbonyl (C=O) groups is 1. The van der Waals surface area contributed by atoms with Crippen LogP contribution < -0.4 is 10.9 Å². The van der Waals surface area contributed by atoms with Crippen LogP contribution in [0.3, 0.4) is 0 Å². The monoisotopic (exact) mass is 417 g/mol. The first-order valence-electron chi connectivity index (χ1n) is 10.6. The third-order valence-electron chi connectivity index (χ3n) is 5.78. The lowest BCUT2D eigenvalue weighted by Gasteiger charge is -2.15. The van der Waals surface area contributed by atoms with Crippen molar-refractivity contribution in [1.82, 2.24) is 25.2 Å². The summed E-state index contributed by atoms with van der Waals surface area (Å²) in [6.07, 6.45) is 6.49. The number of amides is 1. The Balaban J connectivity index is 1.48. The lowest BCUT2D eigenvalue weighted by Crippen LogP contribution is -2.20. The van der Waals surface area contributed by atoms with Gasteiger partial charge in [0.2, 0.25) is 0 Å². The van der Waals surface area contributed by atoms with Crippen LogP contribution in [0.5, 0.6) is 0 Å². The zero-order valence-electron chi connectivity index (χ0n) is 18.1. The molecule has 1 aliphatic heterocycles. The van der Waals surface area contributed by atoms with Crippen LogP contribution in [-0.4, -0.2) is 45.9 Å². The number of aromatic nitrogens is 3. The van der Waals surface area contributed by atoms with Crippen LogP contribution in [-0.2, 0) is 13.0 Å². The van der Waals surface area contributed by atoms with E-state index in [2.05, 4.69) is 38.2 Å². The normalized spacial score (nSPS) is 18.0. The maximum absolute atomic E-state index is 12.1. The quantitative estimate of drug-likeness (QED) is 0.666. The Morgan fingerprint density at radius 3 is 2.84 bits per heavy atom. The highest BCUT2D eigenvalue weighted by Crippen LogP contribution is 2.26. The Labute approximate surface area is 181 Å². The molecule has 4 rings (SSSR count). The number of pyridine rings is 3. The average Bonchev–Trinajstić information content (AvgIpc) is 3.11. The molecule has 7 heteroatoms. The highest BCUT2D eigenvalue weighted by molar-refractivity contribution is 5.92. The number of hydrogen-bond donors (Lipinski definition) is 2. The van der Waals surface area contributed by atoms with Crippen LogP contribution in [0.15, 0.2) is 47.0 Å². The van der Waals surface area contributed by atoms with Crippen molar-refractivity contribution in [2.45, 2.75) is 26.8 Å². The number of nitrogens with one attached hydrogen (secondary N) is 2. The molecule has 31 heavy (non-hydrogen) atoms. The van der Waals surface area contributed by atoms with Crippen LogP contribution in [0.1, 0.15) is 41.0 Å². The Bertz CT molecular complexity index is 1200. The summed E-state index contributed by atoms with van der Waals surface area (Å²) in [6, 6.07) is 7.57. The largest absolute Gasteiger partial charge is 0.354 e. The molecule has 1 amide bonds. The molecule has 1 fully saturated rings. The lowest BCUT2D eigenvalue weighted by molar-refractivity contribution is 0.0958. The van der Waals surface area contributed by atoms with Crippen LogP contribution in [0.25, 0.3) is 17.1 Å². The highest BCUT2D eigenvalue weighted by atomic mass is 16.1. The van der Waals surface area contributed by atoms with Crippen molar-refractivity contribution in [3.05, 3.63) is 75.0 Å². The molecule has 3 aromatic rings. The van der Waals surface area contributed by atoms with Gasteiger partial charge in [0.25, 0.3) is 11.5 Å². The fourth-order valence-electron chi connectivity index (χ4n) is 4.03. The fourth-order valence-corrected chi connectivity index (χ4v) is 4.03. The van der Waals surface area contributed by atoms with Gasteiger partial charge in [0.15, 0.2) is 0 Å². The molecule has 1 atom stereocenters. The molecule has 1 unspecified atom stereocenters. The smallest absolute Gasteiger partial charge is 0.269 e. The van der Waals surface area contributed by atoms with Crippen molar-refractivity contribution < 1.29 is 4.79 Å². The first-order chi connectivity index (χ1) is 15.0. The molecule has 160 valence electrons. The van der Waals surface area contributed by atoms with Crippen LogP contribution >= 0.6 is 0 Å². The molecule has 7 nitrogen and oxygen atoms in total. The van der Waals surface area contributed by atoms with E-state index in [4.69, 9.17) is 0 Å². The summed E-state index contributed by atoms with van der Waals surface area (Å²) in [7, 11) is 1.60. The molecule has 1 saturated heterocycles. The van der Waals surface area contributed by atoms with Crippen LogP contribution in [0.2, 0.25) is 0 Å². The van der Waals surface area contributed by atoms with E-state index < -0.39 is 0 Å². The van der Waals surface area contributed by atoms with E-state index in [1.807, 2.05) is 31.3 Å². The number of carbonyl (C=O) groups excluding carboxylic acids is 1. The van der Waals surface area contributed by atoms with E-state index >= 15 is 0 Å². The number of H-pyrrole nitrogens is 1. The summed E-state index contributed by atoms with van der Waals surface area (Å²) in [6.45, 7) is 6.79. The van der Waals surface area contributed by atoms with Gasteiger partial charge in [-0.2, -0.15) is 0 Å². The Hall–Kier alpha value is -3.32. The predicted octanol–water partition coefficient (Wildman–Crippen LogP) is 2.78. The number of rotatable bonds is 5. The van der Waals surface area contributed by atoms with Crippen molar-refractivity contribution in [3.63, 3.8) is 0 Å². The van der Waals surface area contributed by atoms with E-state index in [9.17, 15) is 9.59 Å². The molecule has 0 saturated carbocycles. The minimum Gasteiger partial charge on any atom is -0.354 e. The van der Waals surface area contributed by atoms with Crippen molar-refractivity contribution in [3.8, 4) is 0 Å². The van der Waals surface area contributed by atoms with Gasteiger partial charge in [-0.3, -0.25) is 24.5 Å². The van der Waals surface area contributed by atoms with Crippen molar-refractivity contribution in [1.29, 1.82) is 0 Å². The molecule has 0 bridgehead atoms. The Kier molecular flexibility index (Phi) is 5.95. The second-order valence-corrected chi connectivity index (χ2v) is 8.10. The van der Waals surface area contributed by atoms with Gasteiger partial charge in [0.1, 0.15) is 5.69 Å². The van der Waals surface area contributed by atoms with Crippen molar-refractivity contribution in [2.24, 2.45) is 5.92 Å². The number of aryl methyl sites for hydroxylation is 1. The molecular weight excluding hydrogens is 390 g/mol. The number of fused-ring (bicyclic) bond motifs is 1. The van der Waals surface area contributed by atoms with E-state index in [-0.39, 0.29) is 11.5 Å². The molecule has 3 aromatic heterocycles. The molecule has 0 aliphatic carbocycles. The van der Waals surface area contributed by atoms with E-state index in [0.29, 0.717) is 18.0 Å². The van der Waals surface area contributed by atoms with Crippen molar-refractivity contribution >= 4 is 23.0 Å². The zero-order chi connectivity index (χ0) is 22.0. The van der Waals surface area contributed by atoms with E-state index in [1.165, 1.54) is 5.57 Å². The summed E-state index contributed by atoms with van der Waals surface area (Å²) < 4.78 is 0. The van der Waals surface area contributed by atoms with Gasteiger partial charge in [0.05, 0.1) is 11.0 Å². The molecule has 2 N–H and O–H groups in total. The Morgan fingerprint density at radius 1 is 1.29 bits per heavy atom. The second kappa shape index (κ2) is 8.81. The Morgan fingerprint density at radius 2 is 2.13 bits per heavy atom. The summed E-state index contributed by atoms with van der Waals surface area (Å²) in [4.78, 5) is 37.9. The number of aromatic amines is 1. The van der Waals surface area contributed by atoms with Gasteiger partial charge in [-0.25, -0.2) is 0 Å². The standard InChI is InChI=1S/C24H27N5O2/c1-4-18-9-21-22(28-23(18)30)8-17(11-27-21)13-29-12-15(2)19(14-29)7-16-5-6-20(26-10-16)24(31)25-3/h5-11,15H,4,12-14H2,1-3H3,(H,25,31)(H,28,30)/b19-7+. The van der Waals surface area contributed by atoms with Crippen LogP contribution in [0.4, 0.5) is 0 Å². The van der Waals surface area contributed by atoms with Gasteiger partial charge < -0.3 is 10.3 Å². The number of likely N-dealkylation sites (tertiary alicyclic amines) is 1. The maximum Gasteiger partial charge on any atom is 0.269 e. The van der Waals surface area contributed by atoms with Crippen molar-refractivity contribution in [2.75, 3.05) is 20.1 Å². The SMILES string of the molecule is CCc1cc2ncc(CN3C/C(=C\c4ccc(C(=O)NC)nc4)C(C)C3)cc2[nH]c1=O. The second-order valence-electron chi connectivity index (χ2n) is 8.10. The van der Waals surface area contributed by atoms with E-state index in [1.54, 1.807) is 19.3 Å². The maximum atomic E-state index is 12.1. The lowest BCUT2D eigenvalue weighted by atomic mass is 10.0. The van der Waals surface area contributed by atoms with Gasteiger partial charge in [-0.1, -0.05) is 31.6 Å². The summed E-state index contributed by atoms with van der Waals surface area (Å²) >= 11 is 0. The van der Waals surface area contributed by atoms with Gasteiger partial charge in [-0.15, -0.1) is 0 Å². The third-order valence-corrected chi connectivity index (χ3v) is 5.78. The van der Waals surface area contributed by atoms with Gasteiger partial charge in [0, 0.05) is 44.6 Å². The predicted molar refractivity (Wildman–Crippen MR) is 122 cm³/mol. The molecule has 0 radical (unpaired) electrons.